The quantitative estimate of drug-likeness (QED) is 0.661. The van der Waals surface area contributed by atoms with Gasteiger partial charge in [0.2, 0.25) is 0 Å². The van der Waals surface area contributed by atoms with Crippen molar-refractivity contribution in [2.75, 3.05) is 6.54 Å². The lowest BCUT2D eigenvalue weighted by Gasteiger charge is -2.24. The summed E-state index contributed by atoms with van der Waals surface area (Å²) in [7, 11) is 0. The second kappa shape index (κ2) is 7.61. The van der Waals surface area contributed by atoms with Crippen LogP contribution in [0.15, 0.2) is 48.0 Å². The van der Waals surface area contributed by atoms with E-state index < -0.39 is 0 Å². The predicted octanol–water partition coefficient (Wildman–Crippen LogP) is 4.72. The fourth-order valence-corrected chi connectivity index (χ4v) is 4.41. The summed E-state index contributed by atoms with van der Waals surface area (Å²) in [6.45, 7) is 4.78. The van der Waals surface area contributed by atoms with E-state index in [1.165, 1.54) is 22.5 Å². The van der Waals surface area contributed by atoms with E-state index in [0.717, 1.165) is 47.8 Å². The first kappa shape index (κ1) is 17.9. The van der Waals surface area contributed by atoms with E-state index in [4.69, 9.17) is 4.98 Å². The van der Waals surface area contributed by atoms with Crippen LogP contribution in [0.3, 0.4) is 0 Å². The van der Waals surface area contributed by atoms with Crippen molar-refractivity contribution < 1.29 is 4.79 Å². The smallest absolute Gasteiger partial charge is 0.266 e. The molecule has 1 saturated heterocycles. The Balaban J connectivity index is 1.56. The number of hydrogen-bond acceptors (Lipinski definition) is 4. The Morgan fingerprint density at radius 1 is 1.19 bits per heavy atom. The number of carbonyl (C=O) groups excluding carboxylic acids is 1. The first-order valence-electron chi connectivity index (χ1n) is 9.34. The Labute approximate surface area is 163 Å². The molecule has 4 rings (SSSR count). The van der Waals surface area contributed by atoms with Gasteiger partial charge in [-0.1, -0.05) is 35.9 Å². The first-order chi connectivity index (χ1) is 13.1. The minimum atomic E-state index is 0.0527. The zero-order chi connectivity index (χ0) is 18.8. The first-order valence-corrected chi connectivity index (χ1v) is 10.2. The lowest BCUT2D eigenvalue weighted by Crippen LogP contribution is -2.31. The maximum absolute atomic E-state index is 13.0. The number of nitrogens with zero attached hydrogens (tertiary/aromatic N) is 3. The van der Waals surface area contributed by atoms with Gasteiger partial charge in [-0.25, -0.2) is 4.98 Å². The van der Waals surface area contributed by atoms with Crippen molar-refractivity contribution in [2.45, 2.75) is 39.2 Å². The third kappa shape index (κ3) is 3.78. The minimum absolute atomic E-state index is 0.0527. The highest BCUT2D eigenvalue weighted by molar-refractivity contribution is 7.11. The molecule has 3 aromatic rings. The van der Waals surface area contributed by atoms with Crippen LogP contribution in [0, 0.1) is 13.8 Å². The van der Waals surface area contributed by atoms with Crippen LogP contribution in [0.4, 0.5) is 0 Å². The average molecular weight is 378 g/mol. The SMILES string of the molecule is Cc1ccc(Cc2cccc(C3CCCN3C(=O)c3scnc3C)n2)cc1. The Morgan fingerprint density at radius 2 is 2.00 bits per heavy atom. The van der Waals surface area contributed by atoms with Crippen molar-refractivity contribution >= 4 is 17.2 Å². The van der Waals surface area contributed by atoms with Crippen molar-refractivity contribution in [3.05, 3.63) is 81.1 Å². The van der Waals surface area contributed by atoms with Crippen molar-refractivity contribution in [3.63, 3.8) is 0 Å². The molecular formula is C22H23N3OS. The van der Waals surface area contributed by atoms with Gasteiger partial charge in [-0.05, 0) is 44.4 Å². The van der Waals surface area contributed by atoms with Crippen LogP contribution in [-0.4, -0.2) is 27.3 Å². The molecule has 138 valence electrons. The summed E-state index contributed by atoms with van der Waals surface area (Å²) >= 11 is 1.43. The molecule has 1 aliphatic heterocycles. The van der Waals surface area contributed by atoms with E-state index in [2.05, 4.69) is 54.4 Å². The molecular weight excluding hydrogens is 354 g/mol. The van der Waals surface area contributed by atoms with Gasteiger partial charge in [0.15, 0.2) is 0 Å². The summed E-state index contributed by atoms with van der Waals surface area (Å²) in [4.78, 5) is 24.8. The molecule has 0 N–H and O–H groups in total. The zero-order valence-electron chi connectivity index (χ0n) is 15.7. The highest BCUT2D eigenvalue weighted by Crippen LogP contribution is 2.33. The molecule has 1 aliphatic rings. The molecule has 1 amide bonds. The zero-order valence-corrected chi connectivity index (χ0v) is 16.5. The topological polar surface area (TPSA) is 46.1 Å². The second-order valence-corrected chi connectivity index (χ2v) is 7.99. The molecule has 1 fully saturated rings. The number of hydrogen-bond donors (Lipinski definition) is 0. The number of carbonyl (C=O) groups is 1. The van der Waals surface area contributed by atoms with Crippen LogP contribution < -0.4 is 0 Å². The van der Waals surface area contributed by atoms with Gasteiger partial charge in [0.25, 0.3) is 5.91 Å². The fraction of sp³-hybridized carbons (Fsp3) is 0.318. The molecule has 1 atom stereocenters. The largest absolute Gasteiger partial charge is 0.329 e. The van der Waals surface area contributed by atoms with Crippen LogP contribution in [0.5, 0.6) is 0 Å². The number of benzene rings is 1. The van der Waals surface area contributed by atoms with Gasteiger partial charge in [0, 0.05) is 18.7 Å². The third-order valence-electron chi connectivity index (χ3n) is 5.13. The van der Waals surface area contributed by atoms with Gasteiger partial charge in [0.05, 0.1) is 22.9 Å². The second-order valence-electron chi connectivity index (χ2n) is 7.14. The molecule has 2 aromatic heterocycles. The van der Waals surface area contributed by atoms with E-state index in [9.17, 15) is 4.79 Å². The molecule has 5 heteroatoms. The standard InChI is InChI=1S/C22H23N3OS/c1-15-8-10-17(11-9-15)13-18-5-3-6-19(24-18)20-7-4-12-25(20)22(26)21-16(2)23-14-27-21/h3,5-6,8-11,14,20H,4,7,12-13H2,1-2H3. The van der Waals surface area contributed by atoms with Crippen LogP contribution in [0.2, 0.25) is 0 Å². The third-order valence-corrected chi connectivity index (χ3v) is 6.05. The molecule has 1 unspecified atom stereocenters. The van der Waals surface area contributed by atoms with Gasteiger partial charge in [-0.3, -0.25) is 9.78 Å². The van der Waals surface area contributed by atoms with E-state index in [1.807, 2.05) is 11.8 Å². The monoisotopic (exact) mass is 377 g/mol. The summed E-state index contributed by atoms with van der Waals surface area (Å²) in [5.41, 5.74) is 7.12. The Kier molecular flexibility index (Phi) is 5.03. The summed E-state index contributed by atoms with van der Waals surface area (Å²) in [6, 6.07) is 14.8. The minimum Gasteiger partial charge on any atom is -0.329 e. The normalized spacial score (nSPS) is 16.7. The number of pyridine rings is 1. The number of rotatable bonds is 4. The highest BCUT2D eigenvalue weighted by atomic mass is 32.1. The van der Waals surface area contributed by atoms with Gasteiger partial charge >= 0.3 is 0 Å². The van der Waals surface area contributed by atoms with E-state index in [1.54, 1.807) is 5.51 Å². The lowest BCUT2D eigenvalue weighted by molar-refractivity contribution is 0.0736. The maximum Gasteiger partial charge on any atom is 0.266 e. The molecule has 0 radical (unpaired) electrons. The molecule has 3 heterocycles. The van der Waals surface area contributed by atoms with Gasteiger partial charge in [0.1, 0.15) is 4.88 Å². The number of aryl methyl sites for hydroxylation is 2. The predicted molar refractivity (Wildman–Crippen MR) is 108 cm³/mol. The number of likely N-dealkylation sites (tertiary alicyclic amines) is 1. The van der Waals surface area contributed by atoms with E-state index in [-0.39, 0.29) is 11.9 Å². The summed E-state index contributed by atoms with van der Waals surface area (Å²) < 4.78 is 0. The van der Waals surface area contributed by atoms with Crippen molar-refractivity contribution in [3.8, 4) is 0 Å². The van der Waals surface area contributed by atoms with Crippen molar-refractivity contribution in [1.29, 1.82) is 0 Å². The molecule has 0 spiro atoms. The fourth-order valence-electron chi connectivity index (χ4n) is 3.65. The van der Waals surface area contributed by atoms with Crippen molar-refractivity contribution in [1.82, 2.24) is 14.9 Å². The summed E-state index contributed by atoms with van der Waals surface area (Å²) in [5.74, 6) is 0.0863. The Morgan fingerprint density at radius 3 is 2.74 bits per heavy atom. The number of amides is 1. The van der Waals surface area contributed by atoms with Crippen molar-refractivity contribution in [2.24, 2.45) is 0 Å². The van der Waals surface area contributed by atoms with Gasteiger partial charge in [-0.2, -0.15) is 0 Å². The average Bonchev–Trinajstić information content (AvgIpc) is 3.32. The molecule has 0 saturated carbocycles. The highest BCUT2D eigenvalue weighted by Gasteiger charge is 2.32. The summed E-state index contributed by atoms with van der Waals surface area (Å²) in [6.07, 6.45) is 2.78. The molecule has 27 heavy (non-hydrogen) atoms. The lowest BCUT2D eigenvalue weighted by atomic mass is 10.1. The van der Waals surface area contributed by atoms with Crippen LogP contribution in [0.1, 0.15) is 56.8 Å². The van der Waals surface area contributed by atoms with Gasteiger partial charge < -0.3 is 4.90 Å². The van der Waals surface area contributed by atoms with Crippen LogP contribution >= 0.6 is 11.3 Å². The van der Waals surface area contributed by atoms with Gasteiger partial charge in [-0.15, -0.1) is 11.3 Å². The molecule has 0 aliphatic carbocycles. The molecule has 4 nitrogen and oxygen atoms in total. The molecule has 1 aromatic carbocycles. The Hall–Kier alpha value is -2.53. The van der Waals surface area contributed by atoms with Crippen LogP contribution in [0.25, 0.3) is 0 Å². The number of thiazole rings is 1. The Bertz CT molecular complexity index is 948. The van der Waals surface area contributed by atoms with E-state index >= 15 is 0 Å². The summed E-state index contributed by atoms with van der Waals surface area (Å²) in [5, 5.41) is 0. The number of aromatic nitrogens is 2. The molecule has 0 bridgehead atoms. The van der Waals surface area contributed by atoms with E-state index in [0.29, 0.717) is 0 Å². The maximum atomic E-state index is 13.0. The van der Waals surface area contributed by atoms with Crippen LogP contribution in [-0.2, 0) is 6.42 Å².